The molecule has 2 nitrogen and oxygen atoms in total. The number of rotatable bonds is 3. The molecule has 0 aromatic carbocycles. The molecule has 0 saturated heterocycles. The van der Waals surface area contributed by atoms with Gasteiger partial charge in [0.2, 0.25) is 0 Å². The van der Waals surface area contributed by atoms with Crippen molar-refractivity contribution in [1.29, 1.82) is 0 Å². The van der Waals surface area contributed by atoms with E-state index >= 15 is 0 Å². The summed E-state index contributed by atoms with van der Waals surface area (Å²) in [6.07, 6.45) is 0. The van der Waals surface area contributed by atoms with Crippen LogP contribution in [0.15, 0.2) is 23.7 Å². The van der Waals surface area contributed by atoms with Gasteiger partial charge in [-0.3, -0.25) is 0 Å². The summed E-state index contributed by atoms with van der Waals surface area (Å²) in [4.78, 5) is 1.93. The molecule has 0 N–H and O–H groups in total. The average molecular weight is 155 g/mol. The first kappa shape index (κ1) is 10.1. The molecule has 0 atom stereocenters. The van der Waals surface area contributed by atoms with Crippen LogP contribution in [0.4, 0.5) is 0 Å². The van der Waals surface area contributed by atoms with Crippen LogP contribution in [0.1, 0.15) is 20.8 Å². The lowest BCUT2D eigenvalue weighted by Gasteiger charge is -2.22. The van der Waals surface area contributed by atoms with Crippen molar-refractivity contribution in [1.82, 2.24) is 4.90 Å². The first-order chi connectivity index (χ1) is 5.00. The van der Waals surface area contributed by atoms with E-state index < -0.39 is 0 Å². The fourth-order valence-corrected chi connectivity index (χ4v) is 0.850. The van der Waals surface area contributed by atoms with E-state index in [1.807, 2.05) is 32.7 Å². The highest BCUT2D eigenvalue weighted by molar-refractivity contribution is 5.07. The molecule has 2 heteroatoms. The van der Waals surface area contributed by atoms with Gasteiger partial charge >= 0.3 is 0 Å². The van der Waals surface area contributed by atoms with Crippen molar-refractivity contribution in [3.05, 3.63) is 23.7 Å². The Bertz CT molecular complexity index is 178. The lowest BCUT2D eigenvalue weighted by atomic mass is 10.3. The summed E-state index contributed by atoms with van der Waals surface area (Å²) >= 11 is 0. The highest BCUT2D eigenvalue weighted by atomic mass is 16.5. The first-order valence-electron chi connectivity index (χ1n) is 3.61. The predicted molar refractivity (Wildman–Crippen MR) is 48.0 cm³/mol. The third-order valence-corrected chi connectivity index (χ3v) is 1.50. The van der Waals surface area contributed by atoms with Gasteiger partial charge in [0.1, 0.15) is 0 Å². The van der Waals surface area contributed by atoms with Crippen LogP contribution < -0.4 is 0 Å². The summed E-state index contributed by atoms with van der Waals surface area (Å²) in [7, 11) is 3.61. The first-order valence-corrected chi connectivity index (χ1v) is 3.61. The van der Waals surface area contributed by atoms with Crippen LogP contribution in [0.2, 0.25) is 0 Å². The highest BCUT2D eigenvalue weighted by Gasteiger charge is 2.05. The van der Waals surface area contributed by atoms with Crippen LogP contribution in [0.5, 0.6) is 0 Å². The van der Waals surface area contributed by atoms with Crippen molar-refractivity contribution in [2.75, 3.05) is 14.2 Å². The average Bonchev–Trinajstić information content (AvgIpc) is 1.88. The lowest BCUT2D eigenvalue weighted by molar-refractivity contribution is 0.193. The summed E-state index contributed by atoms with van der Waals surface area (Å²) in [5.74, 6) is 0.873. The topological polar surface area (TPSA) is 12.5 Å². The van der Waals surface area contributed by atoms with Crippen LogP contribution >= 0.6 is 0 Å². The quantitative estimate of drug-likeness (QED) is 0.580. The molecular formula is C9H17NO. The zero-order valence-corrected chi connectivity index (χ0v) is 8.06. The van der Waals surface area contributed by atoms with Crippen molar-refractivity contribution < 1.29 is 4.74 Å². The van der Waals surface area contributed by atoms with Gasteiger partial charge in [0.25, 0.3) is 0 Å². The Labute approximate surface area is 69.2 Å². The molecule has 0 aliphatic heterocycles. The van der Waals surface area contributed by atoms with Crippen molar-refractivity contribution in [2.45, 2.75) is 20.8 Å². The molecule has 0 fully saturated rings. The van der Waals surface area contributed by atoms with Crippen LogP contribution in [-0.4, -0.2) is 19.1 Å². The van der Waals surface area contributed by atoms with Gasteiger partial charge < -0.3 is 9.64 Å². The van der Waals surface area contributed by atoms with Crippen LogP contribution in [0.3, 0.4) is 0 Å². The van der Waals surface area contributed by atoms with Crippen LogP contribution in [0, 0.1) is 0 Å². The fraction of sp³-hybridized carbons (Fsp3) is 0.556. The van der Waals surface area contributed by atoms with Gasteiger partial charge in [0.15, 0.2) is 5.88 Å². The third-order valence-electron chi connectivity index (χ3n) is 1.50. The van der Waals surface area contributed by atoms with Crippen molar-refractivity contribution in [3.63, 3.8) is 0 Å². The zero-order valence-electron chi connectivity index (χ0n) is 8.06. The van der Waals surface area contributed by atoms with Crippen molar-refractivity contribution >= 4 is 0 Å². The molecule has 0 radical (unpaired) electrons. The number of ether oxygens (including phenoxy) is 1. The Morgan fingerprint density at radius 2 is 1.73 bits per heavy atom. The van der Waals surface area contributed by atoms with Crippen LogP contribution in [0.25, 0.3) is 0 Å². The lowest BCUT2D eigenvalue weighted by Crippen LogP contribution is -2.17. The molecular weight excluding hydrogens is 138 g/mol. The molecule has 0 aromatic heterocycles. The maximum Gasteiger partial charge on any atom is 0.191 e. The summed E-state index contributed by atoms with van der Waals surface area (Å²) in [6.45, 7) is 9.79. The second-order valence-electron chi connectivity index (χ2n) is 2.80. The Balaban J connectivity index is 4.53. The zero-order chi connectivity index (χ0) is 9.02. The van der Waals surface area contributed by atoms with E-state index in [1.165, 1.54) is 0 Å². The van der Waals surface area contributed by atoms with E-state index in [1.54, 1.807) is 7.11 Å². The normalized spacial score (nSPS) is 8.82. The molecule has 0 aliphatic rings. The molecule has 0 heterocycles. The number of methoxy groups -OCH3 is 1. The van der Waals surface area contributed by atoms with Crippen molar-refractivity contribution in [3.8, 4) is 0 Å². The standard InChI is InChI=1S/C9H17NO/c1-7(2)9(11-6)10(5)8(3)4/h3H2,1-2,4-6H3. The van der Waals surface area contributed by atoms with Gasteiger partial charge in [0, 0.05) is 12.7 Å². The number of hydrogen-bond donors (Lipinski definition) is 0. The van der Waals surface area contributed by atoms with E-state index in [4.69, 9.17) is 4.74 Å². The van der Waals surface area contributed by atoms with E-state index in [-0.39, 0.29) is 0 Å². The van der Waals surface area contributed by atoms with Gasteiger partial charge in [0.05, 0.1) is 7.11 Å². The molecule has 0 aliphatic carbocycles. The van der Waals surface area contributed by atoms with E-state index in [0.29, 0.717) is 0 Å². The SMILES string of the molecule is C=C(C)N(C)C(OC)=C(C)C. The van der Waals surface area contributed by atoms with Crippen molar-refractivity contribution in [2.24, 2.45) is 0 Å². The Morgan fingerprint density at radius 1 is 1.27 bits per heavy atom. The molecule has 11 heavy (non-hydrogen) atoms. The molecule has 0 saturated carbocycles. The fourth-order valence-electron chi connectivity index (χ4n) is 0.850. The number of hydrogen-bond acceptors (Lipinski definition) is 2. The van der Waals surface area contributed by atoms with Gasteiger partial charge in [-0.15, -0.1) is 0 Å². The van der Waals surface area contributed by atoms with Crippen LogP contribution in [-0.2, 0) is 4.74 Å². The summed E-state index contributed by atoms with van der Waals surface area (Å²) < 4.78 is 5.18. The largest absolute Gasteiger partial charge is 0.482 e. The van der Waals surface area contributed by atoms with Gasteiger partial charge in [-0.1, -0.05) is 6.58 Å². The van der Waals surface area contributed by atoms with E-state index in [9.17, 15) is 0 Å². The predicted octanol–water partition coefficient (Wildman–Crippen LogP) is 2.35. The third kappa shape index (κ3) is 2.66. The van der Waals surface area contributed by atoms with E-state index in [0.717, 1.165) is 17.2 Å². The molecule has 0 rings (SSSR count). The second kappa shape index (κ2) is 4.06. The molecule has 0 aromatic rings. The van der Waals surface area contributed by atoms with Gasteiger partial charge in [-0.2, -0.15) is 0 Å². The molecule has 0 unspecified atom stereocenters. The monoisotopic (exact) mass is 155 g/mol. The highest BCUT2D eigenvalue weighted by Crippen LogP contribution is 2.12. The summed E-state index contributed by atoms with van der Waals surface area (Å²) in [6, 6.07) is 0. The molecule has 64 valence electrons. The molecule has 0 bridgehead atoms. The number of allylic oxidation sites excluding steroid dienone is 2. The minimum atomic E-state index is 0.873. The maximum absolute atomic E-state index is 5.18. The second-order valence-corrected chi connectivity index (χ2v) is 2.80. The Kier molecular flexibility index (Phi) is 3.72. The van der Waals surface area contributed by atoms with Gasteiger partial charge in [-0.25, -0.2) is 0 Å². The Hall–Kier alpha value is -0.920. The van der Waals surface area contributed by atoms with E-state index in [2.05, 4.69) is 6.58 Å². The van der Waals surface area contributed by atoms with Gasteiger partial charge in [-0.05, 0) is 26.3 Å². The molecule has 0 amide bonds. The molecule has 0 spiro atoms. The smallest absolute Gasteiger partial charge is 0.191 e. The summed E-state index contributed by atoms with van der Waals surface area (Å²) in [5, 5.41) is 0. The summed E-state index contributed by atoms with van der Waals surface area (Å²) in [5.41, 5.74) is 2.13. The Morgan fingerprint density at radius 3 is 1.82 bits per heavy atom. The maximum atomic E-state index is 5.18. The number of nitrogens with zero attached hydrogens (tertiary/aromatic N) is 1. The minimum absolute atomic E-state index is 0.873. The minimum Gasteiger partial charge on any atom is -0.482 e.